The Hall–Kier alpha value is -4.41. The summed E-state index contributed by atoms with van der Waals surface area (Å²) in [6, 6.07) is 3.44. The maximum atomic E-state index is 8.14. The van der Waals surface area contributed by atoms with Gasteiger partial charge in [0.1, 0.15) is 35.3 Å². The molecule has 0 saturated heterocycles. The summed E-state index contributed by atoms with van der Waals surface area (Å²) in [4.78, 5) is 24.1. The Balaban J connectivity index is 1.69. The molecule has 11 nitrogen and oxygen atoms in total. The molecule has 144 valence electrons. The van der Waals surface area contributed by atoms with Crippen molar-refractivity contribution in [2.45, 2.75) is 6.92 Å². The highest BCUT2D eigenvalue weighted by molar-refractivity contribution is 6.08. The predicted molar refractivity (Wildman–Crippen MR) is 109 cm³/mol. The largest absolute Gasteiger partial charge is 0.384 e. The van der Waals surface area contributed by atoms with Crippen LogP contribution in [0, 0.1) is 12.3 Å². The van der Waals surface area contributed by atoms with Gasteiger partial charge >= 0.3 is 0 Å². The zero-order valence-electron chi connectivity index (χ0n) is 15.4. The van der Waals surface area contributed by atoms with E-state index in [4.69, 9.17) is 11.1 Å². The van der Waals surface area contributed by atoms with Gasteiger partial charge < -0.3 is 21.4 Å². The van der Waals surface area contributed by atoms with Crippen LogP contribution < -0.4 is 11.1 Å². The number of nitrogens with two attached hydrogens (primary N) is 1. The number of allylic oxidation sites excluding steroid dienone is 1. The van der Waals surface area contributed by atoms with Crippen LogP contribution in [0.1, 0.15) is 17.2 Å². The lowest BCUT2D eigenvalue weighted by Crippen LogP contribution is -1.99. The van der Waals surface area contributed by atoms with Crippen LogP contribution in [-0.4, -0.2) is 45.8 Å². The molecule has 6 N–H and O–H groups in total. The third kappa shape index (κ3) is 4.13. The molecule has 0 radical (unpaired) electrons. The third-order valence-electron chi connectivity index (χ3n) is 3.87. The Morgan fingerprint density at radius 1 is 1.21 bits per heavy atom. The zero-order chi connectivity index (χ0) is 20.2. The number of aromatic amines is 2. The number of nitrogen functional groups attached to an aromatic ring is 1. The van der Waals surface area contributed by atoms with Gasteiger partial charge in [-0.15, -0.1) is 0 Å². The topological polar surface area (TPSA) is 171 Å². The van der Waals surface area contributed by atoms with Crippen LogP contribution in [0.3, 0.4) is 0 Å². The minimum absolute atomic E-state index is 0.258. The van der Waals surface area contributed by atoms with E-state index in [2.05, 4.69) is 45.4 Å². The lowest BCUT2D eigenvalue weighted by atomic mass is 10.2. The molecule has 0 saturated carbocycles. The average molecular weight is 387 g/mol. The van der Waals surface area contributed by atoms with E-state index in [1.807, 2.05) is 0 Å². The molecule has 0 aliphatic carbocycles. The Kier molecular flexibility index (Phi) is 4.76. The van der Waals surface area contributed by atoms with Crippen LogP contribution in [-0.2, 0) is 0 Å². The van der Waals surface area contributed by atoms with Crippen molar-refractivity contribution in [2.75, 3.05) is 11.1 Å². The fourth-order valence-corrected chi connectivity index (χ4v) is 2.61. The van der Waals surface area contributed by atoms with Crippen LogP contribution >= 0.6 is 0 Å². The van der Waals surface area contributed by atoms with Crippen LogP contribution in [0.25, 0.3) is 17.5 Å². The number of imidazole rings is 1. The van der Waals surface area contributed by atoms with E-state index in [0.717, 1.165) is 0 Å². The Morgan fingerprint density at radius 3 is 2.76 bits per heavy atom. The van der Waals surface area contributed by atoms with Gasteiger partial charge in [-0.2, -0.15) is 5.10 Å². The van der Waals surface area contributed by atoms with Gasteiger partial charge in [-0.25, -0.2) is 24.9 Å². The maximum absolute atomic E-state index is 8.14. The lowest BCUT2D eigenvalue weighted by molar-refractivity contribution is 1.06. The molecule has 0 unspecified atom stereocenters. The summed E-state index contributed by atoms with van der Waals surface area (Å²) >= 11 is 0. The molecule has 0 atom stereocenters. The molecule has 0 fully saturated rings. The average Bonchev–Trinajstić information content (AvgIpc) is 3.36. The first kappa shape index (κ1) is 18.0. The summed E-state index contributed by atoms with van der Waals surface area (Å²) in [5.41, 5.74) is 7.96. The van der Waals surface area contributed by atoms with Crippen molar-refractivity contribution < 1.29 is 0 Å². The van der Waals surface area contributed by atoms with E-state index in [0.29, 0.717) is 46.1 Å². The molecule has 0 amide bonds. The van der Waals surface area contributed by atoms with Crippen molar-refractivity contribution in [3.63, 3.8) is 0 Å². The molecule has 0 spiro atoms. The van der Waals surface area contributed by atoms with Gasteiger partial charge in [0.05, 0.1) is 17.6 Å². The molecular weight excluding hydrogens is 370 g/mol. The van der Waals surface area contributed by atoms with E-state index >= 15 is 0 Å². The quantitative estimate of drug-likeness (QED) is 0.313. The smallest absolute Gasteiger partial charge is 0.160 e. The van der Waals surface area contributed by atoms with Gasteiger partial charge in [0.2, 0.25) is 0 Å². The fraction of sp³-hybridized carbons (Fsp3) is 0.0556. The predicted octanol–water partition coefficient (Wildman–Crippen LogP) is 2.10. The highest BCUT2D eigenvalue weighted by Gasteiger charge is 2.15. The molecule has 11 heteroatoms. The van der Waals surface area contributed by atoms with E-state index in [9.17, 15) is 0 Å². The van der Waals surface area contributed by atoms with Crippen LogP contribution in [0.15, 0.2) is 43.1 Å². The maximum Gasteiger partial charge on any atom is 0.160 e. The molecular formula is C18H17N11. The number of hydrogen-bond donors (Lipinski definition) is 5. The highest BCUT2D eigenvalue weighted by atomic mass is 15.2. The lowest BCUT2D eigenvalue weighted by Gasteiger charge is -2.05. The molecule has 29 heavy (non-hydrogen) atoms. The number of nitrogens with one attached hydrogen (secondary N) is 4. The summed E-state index contributed by atoms with van der Waals surface area (Å²) in [6.07, 6.45) is 9.50. The first-order valence-corrected chi connectivity index (χ1v) is 8.58. The molecule has 4 heterocycles. The highest BCUT2D eigenvalue weighted by Crippen LogP contribution is 2.27. The number of hydrogen-bond acceptors (Lipinski definition) is 9. The summed E-state index contributed by atoms with van der Waals surface area (Å²) in [6.45, 7) is 1.77. The second-order valence-electron chi connectivity index (χ2n) is 6.04. The van der Waals surface area contributed by atoms with E-state index < -0.39 is 0 Å². The fourth-order valence-electron chi connectivity index (χ4n) is 2.61. The van der Waals surface area contributed by atoms with Crippen molar-refractivity contribution in [3.05, 3.63) is 60.3 Å². The van der Waals surface area contributed by atoms with Gasteiger partial charge in [0.25, 0.3) is 0 Å². The second kappa shape index (κ2) is 7.68. The molecule has 0 aromatic carbocycles. The summed E-state index contributed by atoms with van der Waals surface area (Å²) in [5, 5.41) is 18.1. The van der Waals surface area contributed by atoms with Gasteiger partial charge in [-0.3, -0.25) is 5.10 Å². The summed E-state index contributed by atoms with van der Waals surface area (Å²) in [7, 11) is 0. The van der Waals surface area contributed by atoms with Crippen LogP contribution in [0.2, 0.25) is 0 Å². The number of aromatic nitrogens is 8. The molecule has 4 aromatic rings. The Morgan fingerprint density at radius 2 is 2.03 bits per heavy atom. The number of anilines is 3. The van der Waals surface area contributed by atoms with E-state index in [1.54, 1.807) is 49.8 Å². The number of nitrogens with zero attached hydrogens (tertiary/aromatic N) is 6. The first-order chi connectivity index (χ1) is 14.1. The summed E-state index contributed by atoms with van der Waals surface area (Å²) < 4.78 is 0. The molecule has 0 aliphatic rings. The van der Waals surface area contributed by atoms with E-state index in [-0.39, 0.29) is 5.71 Å². The molecule has 4 aromatic heterocycles. The van der Waals surface area contributed by atoms with Gasteiger partial charge in [0.15, 0.2) is 5.82 Å². The van der Waals surface area contributed by atoms with Gasteiger partial charge in [-0.05, 0) is 19.1 Å². The number of H-pyrrole nitrogens is 2. The minimum atomic E-state index is 0.258. The molecule has 0 aliphatic heterocycles. The standard InChI is InChI=1S/C18H17N11/c1-10-24-13(6-14(20)25-10)17-18(28-16-4-5-23-29-16)27-15(26-17)3-2-12(19)11-7-21-9-22-8-11/h2-9,19H,1H3,(H,26,27)(H2,20,24,25)(H2,23,28,29)/b3-2-,19-12?. The van der Waals surface area contributed by atoms with Crippen molar-refractivity contribution in [2.24, 2.45) is 0 Å². The van der Waals surface area contributed by atoms with E-state index in [1.165, 1.54) is 6.33 Å². The monoisotopic (exact) mass is 387 g/mol. The van der Waals surface area contributed by atoms with Gasteiger partial charge in [0, 0.05) is 30.1 Å². The normalized spacial score (nSPS) is 11.1. The molecule has 4 rings (SSSR count). The SMILES string of the molecule is Cc1nc(N)cc(-c2[nH]c(/C=C\C(=N)c3cncnc3)nc2Nc2ccn[nH]2)n1. The third-order valence-corrected chi connectivity index (χ3v) is 3.87. The number of aryl methyl sites for hydroxylation is 1. The van der Waals surface area contributed by atoms with Crippen molar-refractivity contribution in [3.8, 4) is 11.4 Å². The Bertz CT molecular complexity index is 1140. The second-order valence-corrected chi connectivity index (χ2v) is 6.04. The van der Waals surface area contributed by atoms with Gasteiger partial charge in [-0.1, -0.05) is 0 Å². The van der Waals surface area contributed by atoms with Crippen molar-refractivity contribution >= 4 is 29.2 Å². The number of rotatable bonds is 6. The van der Waals surface area contributed by atoms with Crippen molar-refractivity contribution in [1.29, 1.82) is 5.41 Å². The van der Waals surface area contributed by atoms with Crippen LogP contribution in [0.5, 0.6) is 0 Å². The Labute approximate surface area is 165 Å². The van der Waals surface area contributed by atoms with Crippen molar-refractivity contribution in [1.82, 2.24) is 40.1 Å². The molecule has 0 bridgehead atoms. The minimum Gasteiger partial charge on any atom is -0.384 e. The zero-order valence-corrected chi connectivity index (χ0v) is 15.4. The first-order valence-electron chi connectivity index (χ1n) is 8.58. The summed E-state index contributed by atoms with van der Waals surface area (Å²) in [5.74, 6) is 2.63. The van der Waals surface area contributed by atoms with Crippen LogP contribution in [0.4, 0.5) is 17.5 Å².